The van der Waals surface area contributed by atoms with Crippen LogP contribution in [0, 0.1) is 0 Å². The molecule has 2 amide bonds. The Morgan fingerprint density at radius 3 is 2.71 bits per heavy atom. The summed E-state index contributed by atoms with van der Waals surface area (Å²) in [6.45, 7) is 6.49. The number of aryl methyl sites for hydroxylation is 1. The SMILES string of the molecule is CCn1cc(N)cc1C(=O)NC(C)C(=O)N1CCOCC1. The number of anilines is 1. The zero-order valence-corrected chi connectivity index (χ0v) is 12.5. The van der Waals surface area contributed by atoms with E-state index in [9.17, 15) is 9.59 Å². The average molecular weight is 294 g/mol. The minimum atomic E-state index is -0.572. The molecule has 1 aromatic rings. The monoisotopic (exact) mass is 294 g/mol. The van der Waals surface area contributed by atoms with Crippen molar-refractivity contribution >= 4 is 17.5 Å². The molecule has 0 saturated carbocycles. The normalized spacial score (nSPS) is 16.6. The first-order valence-electron chi connectivity index (χ1n) is 7.16. The molecule has 3 N–H and O–H groups in total. The first-order chi connectivity index (χ1) is 10.0. The predicted molar refractivity (Wildman–Crippen MR) is 78.8 cm³/mol. The highest BCUT2D eigenvalue weighted by molar-refractivity contribution is 5.97. The van der Waals surface area contributed by atoms with Gasteiger partial charge in [0.05, 0.1) is 18.9 Å². The summed E-state index contributed by atoms with van der Waals surface area (Å²) >= 11 is 0. The Labute approximate surface area is 124 Å². The molecular weight excluding hydrogens is 272 g/mol. The summed E-state index contributed by atoms with van der Waals surface area (Å²) in [7, 11) is 0. The van der Waals surface area contributed by atoms with Crippen molar-refractivity contribution in [1.82, 2.24) is 14.8 Å². The zero-order chi connectivity index (χ0) is 15.4. The summed E-state index contributed by atoms with van der Waals surface area (Å²) in [6.07, 6.45) is 1.71. The lowest BCUT2D eigenvalue weighted by Crippen LogP contribution is -2.50. The Kier molecular flexibility index (Phi) is 4.85. The van der Waals surface area contributed by atoms with E-state index in [4.69, 9.17) is 10.5 Å². The average Bonchev–Trinajstić information content (AvgIpc) is 2.88. The molecule has 0 aromatic carbocycles. The number of rotatable bonds is 4. The van der Waals surface area contributed by atoms with Gasteiger partial charge in [0, 0.05) is 25.8 Å². The van der Waals surface area contributed by atoms with Crippen molar-refractivity contribution in [2.45, 2.75) is 26.4 Å². The van der Waals surface area contributed by atoms with Crippen molar-refractivity contribution in [2.24, 2.45) is 0 Å². The molecule has 7 heteroatoms. The van der Waals surface area contributed by atoms with Crippen molar-refractivity contribution in [3.05, 3.63) is 18.0 Å². The van der Waals surface area contributed by atoms with Crippen LogP contribution in [-0.4, -0.2) is 53.6 Å². The lowest BCUT2D eigenvalue weighted by molar-refractivity contribution is -0.136. The molecule has 0 bridgehead atoms. The molecule has 1 atom stereocenters. The number of morpholine rings is 1. The standard InChI is InChI=1S/C14H22N4O3/c1-3-17-9-11(15)8-12(17)13(19)16-10(2)14(20)18-4-6-21-7-5-18/h8-10H,3-7,15H2,1-2H3,(H,16,19). The third kappa shape index (κ3) is 3.55. The molecule has 0 radical (unpaired) electrons. The number of nitrogens with one attached hydrogen (secondary N) is 1. The number of nitrogens with two attached hydrogens (primary N) is 1. The van der Waals surface area contributed by atoms with E-state index >= 15 is 0 Å². The highest BCUT2D eigenvalue weighted by Crippen LogP contribution is 2.11. The lowest BCUT2D eigenvalue weighted by Gasteiger charge is -2.29. The van der Waals surface area contributed by atoms with Gasteiger partial charge in [0.25, 0.3) is 5.91 Å². The van der Waals surface area contributed by atoms with Gasteiger partial charge in [0.15, 0.2) is 0 Å². The molecule has 2 rings (SSSR count). The Morgan fingerprint density at radius 1 is 1.43 bits per heavy atom. The van der Waals surface area contributed by atoms with E-state index in [1.807, 2.05) is 6.92 Å². The van der Waals surface area contributed by atoms with Crippen LogP contribution in [-0.2, 0) is 16.1 Å². The van der Waals surface area contributed by atoms with Crippen molar-refractivity contribution in [3.63, 3.8) is 0 Å². The van der Waals surface area contributed by atoms with Crippen LogP contribution in [0.2, 0.25) is 0 Å². The molecule has 1 saturated heterocycles. The maximum Gasteiger partial charge on any atom is 0.268 e. The fourth-order valence-electron chi connectivity index (χ4n) is 2.38. The molecular formula is C14H22N4O3. The number of nitrogen functional groups attached to an aromatic ring is 1. The van der Waals surface area contributed by atoms with Crippen LogP contribution < -0.4 is 11.1 Å². The van der Waals surface area contributed by atoms with Crippen molar-refractivity contribution in [3.8, 4) is 0 Å². The Morgan fingerprint density at radius 2 is 2.10 bits per heavy atom. The third-order valence-electron chi connectivity index (χ3n) is 3.53. The van der Waals surface area contributed by atoms with Crippen molar-refractivity contribution in [2.75, 3.05) is 32.0 Å². The second-order valence-corrected chi connectivity index (χ2v) is 5.08. The maximum atomic E-state index is 12.3. The number of carbonyl (C=O) groups is 2. The van der Waals surface area contributed by atoms with E-state index in [2.05, 4.69) is 5.32 Å². The molecule has 0 spiro atoms. The fourth-order valence-corrected chi connectivity index (χ4v) is 2.38. The summed E-state index contributed by atoms with van der Waals surface area (Å²) in [5.74, 6) is -0.378. The molecule has 0 aliphatic carbocycles. The number of ether oxygens (including phenoxy) is 1. The molecule has 21 heavy (non-hydrogen) atoms. The van der Waals surface area contributed by atoms with E-state index in [0.717, 1.165) is 0 Å². The van der Waals surface area contributed by atoms with Crippen LogP contribution in [0.1, 0.15) is 24.3 Å². The predicted octanol–water partition coefficient (Wildman–Crippen LogP) is 0.0673. The van der Waals surface area contributed by atoms with Gasteiger partial charge in [-0.05, 0) is 19.9 Å². The smallest absolute Gasteiger partial charge is 0.268 e. The van der Waals surface area contributed by atoms with Gasteiger partial charge in [-0.1, -0.05) is 0 Å². The first kappa shape index (κ1) is 15.4. The third-order valence-corrected chi connectivity index (χ3v) is 3.53. The molecule has 1 aliphatic rings. The van der Waals surface area contributed by atoms with Crippen LogP contribution in [0.3, 0.4) is 0 Å². The molecule has 7 nitrogen and oxygen atoms in total. The molecule has 1 aromatic heterocycles. The van der Waals surface area contributed by atoms with E-state index in [0.29, 0.717) is 44.2 Å². The number of amides is 2. The van der Waals surface area contributed by atoms with Crippen LogP contribution in [0.5, 0.6) is 0 Å². The molecule has 1 aliphatic heterocycles. The quantitative estimate of drug-likeness (QED) is 0.822. The highest BCUT2D eigenvalue weighted by atomic mass is 16.5. The van der Waals surface area contributed by atoms with Crippen molar-refractivity contribution < 1.29 is 14.3 Å². The summed E-state index contributed by atoms with van der Waals surface area (Å²) < 4.78 is 6.98. The summed E-state index contributed by atoms with van der Waals surface area (Å²) in [6, 6.07) is 1.04. The number of nitrogens with zero attached hydrogens (tertiary/aromatic N) is 2. The first-order valence-corrected chi connectivity index (χ1v) is 7.16. The van der Waals surface area contributed by atoms with Gasteiger partial charge in [-0.2, -0.15) is 0 Å². The van der Waals surface area contributed by atoms with Crippen molar-refractivity contribution in [1.29, 1.82) is 0 Å². The van der Waals surface area contributed by atoms with E-state index in [-0.39, 0.29) is 11.8 Å². The van der Waals surface area contributed by atoms with Gasteiger partial charge in [-0.3, -0.25) is 9.59 Å². The van der Waals surface area contributed by atoms with Crippen LogP contribution in [0.25, 0.3) is 0 Å². The number of hydrogen-bond donors (Lipinski definition) is 2. The van der Waals surface area contributed by atoms with Gasteiger partial charge >= 0.3 is 0 Å². The maximum absolute atomic E-state index is 12.3. The summed E-state index contributed by atoms with van der Waals surface area (Å²) in [5.41, 5.74) is 6.72. The molecule has 116 valence electrons. The minimum absolute atomic E-state index is 0.0887. The zero-order valence-electron chi connectivity index (χ0n) is 12.5. The van der Waals surface area contributed by atoms with Gasteiger partial charge in [0.2, 0.25) is 5.91 Å². The Hall–Kier alpha value is -2.02. The molecule has 1 unspecified atom stereocenters. The lowest BCUT2D eigenvalue weighted by atomic mass is 10.2. The Bertz CT molecular complexity index is 520. The fraction of sp³-hybridized carbons (Fsp3) is 0.571. The number of carbonyl (C=O) groups excluding carboxylic acids is 2. The van der Waals surface area contributed by atoms with E-state index in [1.54, 1.807) is 28.7 Å². The van der Waals surface area contributed by atoms with Gasteiger partial charge < -0.3 is 25.3 Å². The van der Waals surface area contributed by atoms with Crippen LogP contribution >= 0.6 is 0 Å². The molecule has 2 heterocycles. The largest absolute Gasteiger partial charge is 0.397 e. The van der Waals surface area contributed by atoms with Gasteiger partial charge in [-0.15, -0.1) is 0 Å². The summed E-state index contributed by atoms with van der Waals surface area (Å²) in [5, 5.41) is 2.73. The van der Waals surface area contributed by atoms with Gasteiger partial charge in [0.1, 0.15) is 11.7 Å². The second kappa shape index (κ2) is 6.62. The second-order valence-electron chi connectivity index (χ2n) is 5.08. The topological polar surface area (TPSA) is 89.6 Å². The van der Waals surface area contributed by atoms with Gasteiger partial charge in [-0.25, -0.2) is 0 Å². The van der Waals surface area contributed by atoms with Crippen LogP contribution in [0.4, 0.5) is 5.69 Å². The molecule has 1 fully saturated rings. The number of hydrogen-bond acceptors (Lipinski definition) is 4. The number of aromatic nitrogens is 1. The van der Waals surface area contributed by atoms with Crippen LogP contribution in [0.15, 0.2) is 12.3 Å². The van der Waals surface area contributed by atoms with E-state index < -0.39 is 6.04 Å². The summed E-state index contributed by atoms with van der Waals surface area (Å²) in [4.78, 5) is 26.2. The van der Waals surface area contributed by atoms with E-state index in [1.165, 1.54) is 0 Å². The Balaban J connectivity index is 1.99. The highest BCUT2D eigenvalue weighted by Gasteiger charge is 2.24. The minimum Gasteiger partial charge on any atom is -0.397 e.